The number of benzene rings is 2. The van der Waals surface area contributed by atoms with Gasteiger partial charge in [0, 0.05) is 6.54 Å². The van der Waals surface area contributed by atoms with E-state index >= 15 is 0 Å². The molecule has 0 radical (unpaired) electrons. The summed E-state index contributed by atoms with van der Waals surface area (Å²) in [6.45, 7) is 2.86. The number of carbonyl (C=O) groups excluding carboxylic acids is 1. The number of carbonyl (C=O) groups is 1. The standard InChI is InChI=1S/C20H26N2O2/c1-4-16-10-12-18(13-11-16)24-15-20(23)21-19(14-22(2)3)17-8-6-5-7-9-17/h5-13,19H,4,14-15H2,1-3H3,(H,21,23)/t19-/m0/s1. The van der Waals surface area contributed by atoms with E-state index in [1.54, 1.807) is 0 Å². The molecule has 0 aliphatic rings. The molecule has 2 aromatic rings. The molecular formula is C20H26N2O2. The Morgan fingerprint density at radius 1 is 1.08 bits per heavy atom. The Morgan fingerprint density at radius 3 is 2.33 bits per heavy atom. The highest BCUT2D eigenvalue weighted by molar-refractivity contribution is 5.78. The Balaban J connectivity index is 1.92. The molecule has 1 atom stereocenters. The van der Waals surface area contributed by atoms with Crippen LogP contribution >= 0.6 is 0 Å². The van der Waals surface area contributed by atoms with Crippen molar-refractivity contribution in [3.63, 3.8) is 0 Å². The third-order valence-corrected chi connectivity index (χ3v) is 3.79. The van der Waals surface area contributed by atoms with Crippen LogP contribution in [0.2, 0.25) is 0 Å². The van der Waals surface area contributed by atoms with Gasteiger partial charge in [0.1, 0.15) is 5.75 Å². The molecule has 0 aliphatic heterocycles. The van der Waals surface area contributed by atoms with Gasteiger partial charge in [0.05, 0.1) is 6.04 Å². The van der Waals surface area contributed by atoms with Gasteiger partial charge in [0.15, 0.2) is 6.61 Å². The van der Waals surface area contributed by atoms with Gasteiger partial charge in [-0.1, -0.05) is 49.4 Å². The monoisotopic (exact) mass is 326 g/mol. The highest BCUT2D eigenvalue weighted by atomic mass is 16.5. The summed E-state index contributed by atoms with van der Waals surface area (Å²) in [6, 6.07) is 17.8. The van der Waals surface area contributed by atoms with E-state index in [9.17, 15) is 4.79 Å². The molecule has 1 N–H and O–H groups in total. The second-order valence-electron chi connectivity index (χ2n) is 6.08. The summed E-state index contributed by atoms with van der Waals surface area (Å²) in [4.78, 5) is 14.3. The molecule has 0 unspecified atom stereocenters. The number of hydrogen-bond donors (Lipinski definition) is 1. The van der Waals surface area contributed by atoms with Crippen LogP contribution in [0, 0.1) is 0 Å². The molecular weight excluding hydrogens is 300 g/mol. The van der Waals surface area contributed by atoms with E-state index in [1.165, 1.54) is 5.56 Å². The zero-order valence-corrected chi connectivity index (χ0v) is 14.7. The van der Waals surface area contributed by atoms with Crippen molar-refractivity contribution >= 4 is 5.91 Å². The van der Waals surface area contributed by atoms with Gasteiger partial charge in [-0.25, -0.2) is 0 Å². The molecule has 24 heavy (non-hydrogen) atoms. The van der Waals surface area contributed by atoms with Crippen molar-refractivity contribution in [3.8, 4) is 5.75 Å². The molecule has 0 spiro atoms. The zero-order chi connectivity index (χ0) is 17.4. The number of nitrogens with zero attached hydrogens (tertiary/aromatic N) is 1. The molecule has 0 aliphatic carbocycles. The third kappa shape index (κ3) is 5.70. The summed E-state index contributed by atoms with van der Waals surface area (Å²) >= 11 is 0. The van der Waals surface area contributed by atoms with Gasteiger partial charge in [-0.3, -0.25) is 4.79 Å². The average Bonchev–Trinajstić information content (AvgIpc) is 2.60. The molecule has 2 aromatic carbocycles. The minimum atomic E-state index is -0.120. The smallest absolute Gasteiger partial charge is 0.258 e. The highest BCUT2D eigenvalue weighted by Gasteiger charge is 2.15. The van der Waals surface area contributed by atoms with Crippen molar-refractivity contribution in [2.45, 2.75) is 19.4 Å². The van der Waals surface area contributed by atoms with Crippen LogP contribution in [0.4, 0.5) is 0 Å². The third-order valence-electron chi connectivity index (χ3n) is 3.79. The van der Waals surface area contributed by atoms with E-state index < -0.39 is 0 Å². The molecule has 4 nitrogen and oxygen atoms in total. The Hall–Kier alpha value is -2.33. The van der Waals surface area contributed by atoms with Gasteiger partial charge in [0.2, 0.25) is 0 Å². The van der Waals surface area contributed by atoms with Gasteiger partial charge in [-0.05, 0) is 43.8 Å². The summed E-state index contributed by atoms with van der Waals surface area (Å²) in [6.07, 6.45) is 0.990. The lowest BCUT2D eigenvalue weighted by Crippen LogP contribution is -2.37. The summed E-state index contributed by atoms with van der Waals surface area (Å²) < 4.78 is 5.58. The summed E-state index contributed by atoms with van der Waals surface area (Å²) in [5, 5.41) is 3.05. The number of ether oxygens (including phenoxy) is 1. The lowest BCUT2D eigenvalue weighted by atomic mass is 10.1. The second-order valence-corrected chi connectivity index (χ2v) is 6.08. The summed E-state index contributed by atoms with van der Waals surface area (Å²) in [5.74, 6) is 0.594. The van der Waals surface area contributed by atoms with Crippen molar-refractivity contribution in [2.75, 3.05) is 27.2 Å². The van der Waals surface area contributed by atoms with E-state index in [4.69, 9.17) is 4.74 Å². The van der Waals surface area contributed by atoms with Gasteiger partial charge < -0.3 is 15.0 Å². The van der Waals surface area contributed by atoms with E-state index in [2.05, 4.69) is 17.1 Å². The molecule has 0 fully saturated rings. The molecule has 0 bridgehead atoms. The first-order chi connectivity index (χ1) is 11.6. The summed E-state index contributed by atoms with van der Waals surface area (Å²) in [5.41, 5.74) is 2.34. The average molecular weight is 326 g/mol. The maximum atomic E-state index is 12.3. The number of hydrogen-bond acceptors (Lipinski definition) is 3. The minimum Gasteiger partial charge on any atom is -0.484 e. The first-order valence-electron chi connectivity index (χ1n) is 8.29. The predicted octanol–water partition coefficient (Wildman–Crippen LogP) is 3.05. The van der Waals surface area contributed by atoms with E-state index in [-0.39, 0.29) is 18.6 Å². The van der Waals surface area contributed by atoms with Crippen LogP contribution in [-0.2, 0) is 11.2 Å². The molecule has 0 heterocycles. The molecule has 0 aromatic heterocycles. The molecule has 1 amide bonds. The largest absolute Gasteiger partial charge is 0.484 e. The Bertz CT molecular complexity index is 624. The number of likely N-dealkylation sites (N-methyl/N-ethyl adjacent to an activating group) is 1. The number of amides is 1. The van der Waals surface area contributed by atoms with E-state index in [1.807, 2.05) is 68.7 Å². The van der Waals surface area contributed by atoms with Crippen molar-refractivity contribution < 1.29 is 9.53 Å². The SMILES string of the molecule is CCc1ccc(OCC(=O)N[C@@H](CN(C)C)c2ccccc2)cc1. The van der Waals surface area contributed by atoms with E-state index in [0.717, 1.165) is 18.5 Å². The van der Waals surface area contributed by atoms with Gasteiger partial charge in [-0.15, -0.1) is 0 Å². The number of aryl methyl sites for hydroxylation is 1. The predicted molar refractivity (Wildman–Crippen MR) is 97.2 cm³/mol. The normalized spacial score (nSPS) is 12.0. The van der Waals surface area contributed by atoms with Crippen LogP contribution < -0.4 is 10.1 Å². The lowest BCUT2D eigenvalue weighted by Gasteiger charge is -2.23. The molecule has 0 saturated heterocycles. The van der Waals surface area contributed by atoms with Crippen molar-refractivity contribution in [2.24, 2.45) is 0 Å². The van der Waals surface area contributed by atoms with Crippen LogP contribution in [0.15, 0.2) is 54.6 Å². The van der Waals surface area contributed by atoms with Crippen LogP contribution in [-0.4, -0.2) is 38.1 Å². The Labute approximate surface area is 144 Å². The van der Waals surface area contributed by atoms with Gasteiger partial charge in [0.25, 0.3) is 5.91 Å². The Morgan fingerprint density at radius 2 is 1.75 bits per heavy atom. The van der Waals surface area contributed by atoms with Gasteiger partial charge in [-0.2, -0.15) is 0 Å². The molecule has 128 valence electrons. The molecule has 4 heteroatoms. The highest BCUT2D eigenvalue weighted by Crippen LogP contribution is 2.14. The molecule has 2 rings (SSSR count). The zero-order valence-electron chi connectivity index (χ0n) is 14.7. The topological polar surface area (TPSA) is 41.6 Å². The first kappa shape index (κ1) is 18.0. The lowest BCUT2D eigenvalue weighted by molar-refractivity contribution is -0.124. The van der Waals surface area contributed by atoms with Gasteiger partial charge >= 0.3 is 0 Å². The molecule has 0 saturated carbocycles. The fourth-order valence-electron chi connectivity index (χ4n) is 2.49. The van der Waals surface area contributed by atoms with Crippen LogP contribution in [0.3, 0.4) is 0 Å². The van der Waals surface area contributed by atoms with Crippen LogP contribution in [0.1, 0.15) is 24.1 Å². The van der Waals surface area contributed by atoms with Crippen molar-refractivity contribution in [3.05, 3.63) is 65.7 Å². The first-order valence-corrected chi connectivity index (χ1v) is 8.29. The fraction of sp³-hybridized carbons (Fsp3) is 0.350. The maximum absolute atomic E-state index is 12.3. The second kappa shape index (κ2) is 9.08. The summed E-state index contributed by atoms with van der Waals surface area (Å²) in [7, 11) is 3.99. The number of rotatable bonds is 8. The minimum absolute atomic E-state index is 0.0161. The van der Waals surface area contributed by atoms with E-state index in [0.29, 0.717) is 5.75 Å². The number of nitrogens with one attached hydrogen (secondary N) is 1. The van der Waals surface area contributed by atoms with Crippen LogP contribution in [0.25, 0.3) is 0 Å². The van der Waals surface area contributed by atoms with Crippen molar-refractivity contribution in [1.82, 2.24) is 10.2 Å². The maximum Gasteiger partial charge on any atom is 0.258 e. The van der Waals surface area contributed by atoms with Crippen LogP contribution in [0.5, 0.6) is 5.75 Å². The fourth-order valence-corrected chi connectivity index (χ4v) is 2.49. The van der Waals surface area contributed by atoms with Crippen molar-refractivity contribution in [1.29, 1.82) is 0 Å². The Kier molecular flexibility index (Phi) is 6.82. The quantitative estimate of drug-likeness (QED) is 0.811.